The van der Waals surface area contributed by atoms with Gasteiger partial charge in [0.2, 0.25) is 17.6 Å². The van der Waals surface area contributed by atoms with Gasteiger partial charge in [0.15, 0.2) is 0 Å². The van der Waals surface area contributed by atoms with Crippen LogP contribution in [0.4, 0.5) is 10.1 Å². The summed E-state index contributed by atoms with van der Waals surface area (Å²) in [6.07, 6.45) is 0.268. The van der Waals surface area contributed by atoms with Crippen LogP contribution in [-0.2, 0) is 4.79 Å². The molecule has 0 bridgehead atoms. The molecule has 1 amide bonds. The summed E-state index contributed by atoms with van der Waals surface area (Å²) in [4.78, 5) is 18.6. The van der Waals surface area contributed by atoms with Crippen molar-refractivity contribution in [2.45, 2.75) is 19.3 Å². The zero-order chi connectivity index (χ0) is 19.0. The van der Waals surface area contributed by atoms with E-state index in [1.54, 1.807) is 25.0 Å². The molecule has 0 spiro atoms. The fourth-order valence-corrected chi connectivity index (χ4v) is 3.37. The number of hydrogen-bond acceptors (Lipinski definition) is 5. The molecule has 2 heterocycles. The number of carbonyl (C=O) groups is 1. The van der Waals surface area contributed by atoms with Crippen LogP contribution in [0.3, 0.4) is 0 Å². The predicted molar refractivity (Wildman–Crippen MR) is 97.1 cm³/mol. The average Bonchev–Trinajstić information content (AvgIpc) is 3.29. The maximum Gasteiger partial charge on any atom is 0.232 e. The smallest absolute Gasteiger partial charge is 0.232 e. The van der Waals surface area contributed by atoms with Crippen molar-refractivity contribution in [2.24, 2.45) is 0 Å². The Kier molecular flexibility index (Phi) is 4.35. The summed E-state index contributed by atoms with van der Waals surface area (Å²) < 4.78 is 24.1. The number of benzene rings is 2. The van der Waals surface area contributed by atoms with Crippen LogP contribution in [0.25, 0.3) is 11.4 Å². The molecule has 0 saturated carbocycles. The van der Waals surface area contributed by atoms with Crippen molar-refractivity contribution in [3.63, 3.8) is 0 Å². The second-order valence-corrected chi connectivity index (χ2v) is 6.49. The molecule has 27 heavy (non-hydrogen) atoms. The molecule has 4 rings (SSSR count). The van der Waals surface area contributed by atoms with Crippen molar-refractivity contribution in [1.29, 1.82) is 0 Å². The van der Waals surface area contributed by atoms with Gasteiger partial charge in [-0.2, -0.15) is 4.98 Å². The Hall–Kier alpha value is -3.22. The van der Waals surface area contributed by atoms with Gasteiger partial charge < -0.3 is 14.2 Å². The third-order valence-electron chi connectivity index (χ3n) is 4.71. The average molecular weight is 367 g/mol. The minimum absolute atomic E-state index is 0.0493. The normalized spacial score (nSPS) is 16.8. The molecule has 138 valence electrons. The van der Waals surface area contributed by atoms with Gasteiger partial charge >= 0.3 is 0 Å². The summed E-state index contributed by atoms with van der Waals surface area (Å²) in [5.74, 6) is 0.899. The summed E-state index contributed by atoms with van der Waals surface area (Å²) in [6, 6.07) is 11.8. The summed E-state index contributed by atoms with van der Waals surface area (Å²) >= 11 is 0. The number of methoxy groups -OCH3 is 1. The molecule has 1 aliphatic rings. The van der Waals surface area contributed by atoms with E-state index in [0.29, 0.717) is 35.3 Å². The Labute approximate surface area is 155 Å². The fraction of sp³-hybridized carbons (Fsp3) is 0.250. The molecule has 0 N–H and O–H groups in total. The lowest BCUT2D eigenvalue weighted by atomic mass is 10.1. The number of halogens is 1. The van der Waals surface area contributed by atoms with Crippen molar-refractivity contribution in [3.8, 4) is 17.1 Å². The highest BCUT2D eigenvalue weighted by molar-refractivity contribution is 5.97. The minimum atomic E-state index is -0.321. The van der Waals surface area contributed by atoms with Crippen molar-refractivity contribution >= 4 is 11.6 Å². The van der Waals surface area contributed by atoms with E-state index in [2.05, 4.69) is 10.1 Å². The first-order valence-electron chi connectivity index (χ1n) is 8.60. The number of aryl methyl sites for hydroxylation is 1. The molecule has 1 aliphatic heterocycles. The molecular formula is C20H18FN3O3. The van der Waals surface area contributed by atoms with E-state index < -0.39 is 0 Å². The van der Waals surface area contributed by atoms with Crippen LogP contribution in [0.1, 0.15) is 23.8 Å². The molecule has 3 aromatic rings. The number of ether oxygens (including phenoxy) is 1. The molecule has 2 aromatic carbocycles. The molecule has 0 aliphatic carbocycles. The van der Waals surface area contributed by atoms with Gasteiger partial charge in [0.1, 0.15) is 11.6 Å². The first-order chi connectivity index (χ1) is 13.1. The lowest BCUT2D eigenvalue weighted by Crippen LogP contribution is -2.25. The maximum atomic E-state index is 13.4. The number of carbonyl (C=O) groups excluding carboxylic acids is 1. The lowest BCUT2D eigenvalue weighted by Gasteiger charge is -2.18. The molecule has 0 radical (unpaired) electrons. The van der Waals surface area contributed by atoms with Gasteiger partial charge in [0, 0.05) is 18.7 Å². The Bertz CT molecular complexity index is 1000. The van der Waals surface area contributed by atoms with E-state index in [1.807, 2.05) is 24.3 Å². The molecule has 1 aromatic heterocycles. The first kappa shape index (κ1) is 17.2. The van der Waals surface area contributed by atoms with E-state index in [9.17, 15) is 9.18 Å². The molecule has 1 fully saturated rings. The van der Waals surface area contributed by atoms with Crippen LogP contribution < -0.4 is 9.64 Å². The molecule has 1 saturated heterocycles. The van der Waals surface area contributed by atoms with Crippen molar-refractivity contribution < 1.29 is 18.4 Å². The highest BCUT2D eigenvalue weighted by Crippen LogP contribution is 2.34. The van der Waals surface area contributed by atoms with Gasteiger partial charge in [0.05, 0.1) is 18.6 Å². The van der Waals surface area contributed by atoms with Crippen LogP contribution >= 0.6 is 0 Å². The number of rotatable bonds is 4. The standard InChI is InChI=1S/C20H18FN3O3/c1-12-9-14(21)7-8-16(12)24-11-13(10-18(24)25)20-22-19(23-27-20)15-5-3-4-6-17(15)26-2/h3-9,13H,10-11H2,1-2H3. The number of para-hydroxylation sites is 1. The summed E-state index contributed by atoms with van der Waals surface area (Å²) in [7, 11) is 1.58. The molecule has 1 unspecified atom stereocenters. The third kappa shape index (κ3) is 3.16. The van der Waals surface area contributed by atoms with E-state index in [0.717, 1.165) is 5.56 Å². The number of hydrogen-bond donors (Lipinski definition) is 0. The zero-order valence-electron chi connectivity index (χ0n) is 15.0. The van der Waals surface area contributed by atoms with Gasteiger partial charge in [0.25, 0.3) is 0 Å². The van der Waals surface area contributed by atoms with Gasteiger partial charge in [-0.3, -0.25) is 4.79 Å². The SMILES string of the molecule is COc1ccccc1-c1noc(C2CC(=O)N(c3ccc(F)cc3C)C2)n1. The topological polar surface area (TPSA) is 68.5 Å². The summed E-state index contributed by atoms with van der Waals surface area (Å²) in [5, 5.41) is 4.05. The number of nitrogens with zero attached hydrogens (tertiary/aromatic N) is 3. The molecular weight excluding hydrogens is 349 g/mol. The monoisotopic (exact) mass is 367 g/mol. The predicted octanol–water partition coefficient (Wildman–Crippen LogP) is 3.71. The number of anilines is 1. The quantitative estimate of drug-likeness (QED) is 0.703. The fourth-order valence-electron chi connectivity index (χ4n) is 3.37. The number of aromatic nitrogens is 2. The Morgan fingerprint density at radius 3 is 2.85 bits per heavy atom. The second kappa shape index (κ2) is 6.83. The Morgan fingerprint density at radius 1 is 1.26 bits per heavy atom. The summed E-state index contributed by atoms with van der Waals surface area (Å²) in [6.45, 7) is 2.20. The zero-order valence-corrected chi connectivity index (χ0v) is 15.0. The highest BCUT2D eigenvalue weighted by atomic mass is 19.1. The second-order valence-electron chi connectivity index (χ2n) is 6.49. The van der Waals surface area contributed by atoms with Crippen LogP contribution in [0.15, 0.2) is 47.0 Å². The van der Waals surface area contributed by atoms with Gasteiger partial charge in [-0.1, -0.05) is 17.3 Å². The van der Waals surface area contributed by atoms with Crippen molar-refractivity contribution in [1.82, 2.24) is 10.1 Å². The van der Waals surface area contributed by atoms with E-state index >= 15 is 0 Å². The van der Waals surface area contributed by atoms with Crippen LogP contribution in [0.2, 0.25) is 0 Å². The van der Waals surface area contributed by atoms with Gasteiger partial charge in [-0.25, -0.2) is 4.39 Å². The minimum Gasteiger partial charge on any atom is -0.496 e. The largest absolute Gasteiger partial charge is 0.496 e. The number of amides is 1. The maximum absolute atomic E-state index is 13.4. The highest BCUT2D eigenvalue weighted by Gasteiger charge is 2.36. The van der Waals surface area contributed by atoms with E-state index in [4.69, 9.17) is 9.26 Å². The van der Waals surface area contributed by atoms with Crippen LogP contribution in [0, 0.1) is 12.7 Å². The first-order valence-corrected chi connectivity index (χ1v) is 8.60. The third-order valence-corrected chi connectivity index (χ3v) is 4.71. The van der Waals surface area contributed by atoms with Crippen LogP contribution in [-0.4, -0.2) is 29.7 Å². The van der Waals surface area contributed by atoms with E-state index in [-0.39, 0.29) is 24.1 Å². The van der Waals surface area contributed by atoms with E-state index in [1.165, 1.54) is 12.1 Å². The molecule has 6 nitrogen and oxygen atoms in total. The molecule has 7 heteroatoms. The summed E-state index contributed by atoms with van der Waals surface area (Å²) in [5.41, 5.74) is 2.14. The van der Waals surface area contributed by atoms with Crippen molar-refractivity contribution in [3.05, 3.63) is 59.7 Å². The van der Waals surface area contributed by atoms with Crippen LogP contribution in [0.5, 0.6) is 5.75 Å². The van der Waals surface area contributed by atoms with Crippen molar-refractivity contribution in [2.75, 3.05) is 18.6 Å². The lowest BCUT2D eigenvalue weighted by molar-refractivity contribution is -0.117. The molecule has 1 atom stereocenters. The Morgan fingerprint density at radius 2 is 2.07 bits per heavy atom. The van der Waals surface area contributed by atoms with Gasteiger partial charge in [-0.05, 0) is 42.8 Å². The van der Waals surface area contributed by atoms with Gasteiger partial charge in [-0.15, -0.1) is 0 Å². The Balaban J connectivity index is 1.59.